The Hall–Kier alpha value is -3.11. The Kier molecular flexibility index (Phi) is 4.80. The number of hydrogen-bond acceptors (Lipinski definition) is 6. The number of carbonyl (C=O) groups is 1. The van der Waals surface area contributed by atoms with E-state index in [0.717, 1.165) is 9.86 Å². The van der Waals surface area contributed by atoms with E-state index in [1.807, 2.05) is 18.2 Å². The van der Waals surface area contributed by atoms with E-state index in [-0.39, 0.29) is 11.7 Å². The molecule has 0 bridgehead atoms. The van der Waals surface area contributed by atoms with E-state index in [1.165, 1.54) is 12.1 Å². The zero-order chi connectivity index (χ0) is 20.7. The number of amides is 1. The highest BCUT2D eigenvalue weighted by Gasteiger charge is 2.23. The molecule has 1 fully saturated rings. The van der Waals surface area contributed by atoms with Gasteiger partial charge >= 0.3 is 0 Å². The van der Waals surface area contributed by atoms with Gasteiger partial charge in [0.1, 0.15) is 11.9 Å². The summed E-state index contributed by atoms with van der Waals surface area (Å²) in [7, 11) is 0. The fourth-order valence-corrected chi connectivity index (χ4v) is 3.88. The Morgan fingerprint density at radius 2 is 1.97 bits per heavy atom. The number of benzene rings is 2. The molecule has 3 heterocycles. The van der Waals surface area contributed by atoms with E-state index in [0.29, 0.717) is 48.1 Å². The normalized spacial score (nSPS) is 17.1. The number of fused-ring (bicyclic) bond motifs is 3. The summed E-state index contributed by atoms with van der Waals surface area (Å²) in [5.74, 6) is 0.402. The number of carbonyl (C=O) groups excluding carboxylic acids is 1. The molecule has 4 aromatic rings. The van der Waals surface area contributed by atoms with Crippen LogP contribution in [0.15, 0.2) is 46.9 Å². The first-order chi connectivity index (χ1) is 14.6. The Balaban J connectivity index is 1.68. The van der Waals surface area contributed by atoms with Gasteiger partial charge in [0.25, 0.3) is 0 Å². The second-order valence-corrected chi connectivity index (χ2v) is 7.80. The van der Waals surface area contributed by atoms with Crippen LogP contribution in [0.4, 0.5) is 10.3 Å². The van der Waals surface area contributed by atoms with Gasteiger partial charge in [0.2, 0.25) is 11.9 Å². The predicted molar refractivity (Wildman–Crippen MR) is 115 cm³/mol. The van der Waals surface area contributed by atoms with Gasteiger partial charge in [-0.25, -0.2) is 14.4 Å². The minimum atomic E-state index is -0.512. The molecule has 0 saturated carbocycles. The van der Waals surface area contributed by atoms with Crippen LogP contribution in [0, 0.1) is 5.82 Å². The molecule has 10 heteroatoms. The van der Waals surface area contributed by atoms with Gasteiger partial charge in [-0.15, -0.1) is 5.10 Å². The quantitative estimate of drug-likeness (QED) is 0.426. The molecule has 1 saturated heterocycles. The Bertz CT molecular complexity index is 1260. The Morgan fingerprint density at radius 1 is 1.13 bits per heavy atom. The lowest BCUT2D eigenvalue weighted by Crippen LogP contribution is -2.42. The van der Waals surface area contributed by atoms with Crippen LogP contribution in [0.25, 0.3) is 27.9 Å². The molecule has 8 nitrogen and oxygen atoms in total. The minimum Gasteiger partial charge on any atom is -0.353 e. The lowest BCUT2D eigenvalue weighted by molar-refractivity contribution is -0.121. The van der Waals surface area contributed by atoms with Gasteiger partial charge in [0.05, 0.1) is 5.52 Å². The van der Waals surface area contributed by atoms with Crippen LogP contribution < -0.4 is 16.0 Å². The zero-order valence-corrected chi connectivity index (χ0v) is 17.3. The van der Waals surface area contributed by atoms with Gasteiger partial charge < -0.3 is 16.0 Å². The summed E-state index contributed by atoms with van der Waals surface area (Å²) in [5, 5.41) is 14.7. The highest BCUT2D eigenvalue weighted by molar-refractivity contribution is 9.10. The summed E-state index contributed by atoms with van der Waals surface area (Å²) in [6.45, 7) is 1.73. The van der Waals surface area contributed by atoms with Gasteiger partial charge in [-0.2, -0.15) is 4.52 Å². The van der Waals surface area contributed by atoms with Gasteiger partial charge in [-0.3, -0.25) is 4.79 Å². The van der Waals surface area contributed by atoms with Gasteiger partial charge in [-0.05, 0) is 52.3 Å². The zero-order valence-electron chi connectivity index (χ0n) is 15.7. The average Bonchev–Trinajstić information content (AvgIpc) is 3.10. The van der Waals surface area contributed by atoms with E-state index in [2.05, 4.69) is 42.0 Å². The van der Waals surface area contributed by atoms with Crippen LogP contribution >= 0.6 is 15.9 Å². The molecule has 2 aromatic carbocycles. The minimum absolute atomic E-state index is 0.110. The van der Waals surface area contributed by atoms with Crippen LogP contribution in [0.2, 0.25) is 0 Å². The lowest BCUT2D eigenvalue weighted by atomic mass is 10.2. The largest absolute Gasteiger partial charge is 0.353 e. The van der Waals surface area contributed by atoms with E-state index in [9.17, 15) is 9.18 Å². The maximum Gasteiger partial charge on any atom is 0.243 e. The van der Waals surface area contributed by atoms with Gasteiger partial charge in [-0.1, -0.05) is 6.07 Å². The van der Waals surface area contributed by atoms with Crippen molar-refractivity contribution in [3.8, 4) is 11.4 Å². The van der Waals surface area contributed by atoms with Crippen LogP contribution in [0.3, 0.4) is 0 Å². The van der Waals surface area contributed by atoms with Crippen LogP contribution in [-0.4, -0.2) is 51.2 Å². The van der Waals surface area contributed by atoms with E-state index < -0.39 is 6.04 Å². The number of nitrogens with one attached hydrogen (secondary N) is 3. The number of anilines is 1. The Labute approximate surface area is 179 Å². The van der Waals surface area contributed by atoms with Crippen molar-refractivity contribution in [3.05, 3.63) is 52.8 Å². The summed E-state index contributed by atoms with van der Waals surface area (Å²) in [4.78, 5) is 21.8. The first-order valence-electron chi connectivity index (χ1n) is 9.46. The van der Waals surface area contributed by atoms with Crippen molar-refractivity contribution in [2.75, 3.05) is 25.0 Å². The molecule has 1 atom stereocenters. The molecule has 30 heavy (non-hydrogen) atoms. The van der Waals surface area contributed by atoms with Crippen molar-refractivity contribution in [1.82, 2.24) is 30.2 Å². The predicted octanol–water partition coefficient (Wildman–Crippen LogP) is 2.35. The molecule has 3 N–H and O–H groups in total. The van der Waals surface area contributed by atoms with Crippen molar-refractivity contribution in [1.29, 1.82) is 0 Å². The highest BCUT2D eigenvalue weighted by Crippen LogP contribution is 2.29. The number of para-hydroxylation sites is 1. The van der Waals surface area contributed by atoms with Crippen molar-refractivity contribution >= 4 is 44.3 Å². The lowest BCUT2D eigenvalue weighted by Gasteiger charge is -2.17. The molecule has 0 unspecified atom stereocenters. The maximum absolute atomic E-state index is 13.3. The smallest absolute Gasteiger partial charge is 0.243 e. The third kappa shape index (κ3) is 3.37. The monoisotopic (exact) mass is 469 g/mol. The molecule has 0 radical (unpaired) electrons. The van der Waals surface area contributed by atoms with E-state index in [4.69, 9.17) is 4.98 Å². The molecule has 1 amide bonds. The van der Waals surface area contributed by atoms with Crippen molar-refractivity contribution in [2.24, 2.45) is 0 Å². The number of hydrogen-bond donors (Lipinski definition) is 3. The molecule has 1 aliphatic heterocycles. The molecule has 0 aliphatic carbocycles. The van der Waals surface area contributed by atoms with E-state index >= 15 is 0 Å². The SMILES string of the molecule is O=C1NCCNC[C@H]1Nc1nc2c(Br)cccc2c2nc(-c3ccc(F)cc3)nn12. The van der Waals surface area contributed by atoms with Crippen molar-refractivity contribution in [3.63, 3.8) is 0 Å². The fourth-order valence-electron chi connectivity index (χ4n) is 3.42. The summed E-state index contributed by atoms with van der Waals surface area (Å²) < 4.78 is 15.7. The van der Waals surface area contributed by atoms with Crippen molar-refractivity contribution < 1.29 is 9.18 Å². The fraction of sp³-hybridized carbons (Fsp3) is 0.200. The molecule has 0 spiro atoms. The molecular weight excluding hydrogens is 453 g/mol. The summed E-state index contributed by atoms with van der Waals surface area (Å²) >= 11 is 3.55. The molecule has 1 aliphatic rings. The first-order valence-corrected chi connectivity index (χ1v) is 10.3. The van der Waals surface area contributed by atoms with Crippen LogP contribution in [0.1, 0.15) is 0 Å². The third-order valence-corrected chi connectivity index (χ3v) is 5.56. The maximum atomic E-state index is 13.3. The highest BCUT2D eigenvalue weighted by atomic mass is 79.9. The first kappa shape index (κ1) is 18.9. The second kappa shape index (κ2) is 7.62. The summed E-state index contributed by atoms with van der Waals surface area (Å²) in [5.41, 5.74) is 1.97. The van der Waals surface area contributed by atoms with Crippen LogP contribution in [0.5, 0.6) is 0 Å². The molecule has 2 aromatic heterocycles. The molecule has 5 rings (SSSR count). The average molecular weight is 470 g/mol. The van der Waals surface area contributed by atoms with E-state index in [1.54, 1.807) is 16.6 Å². The second-order valence-electron chi connectivity index (χ2n) is 6.94. The standard InChI is InChI=1S/C20H17BrFN7O/c21-14-3-1-2-13-16(14)26-20(25-15-10-23-8-9-24-19(15)30)29-18(13)27-17(28-29)11-4-6-12(22)7-5-11/h1-7,15,23H,8-10H2,(H,24,30)(H,25,26)/t15-/m1/s1. The number of rotatable bonds is 3. The van der Waals surface area contributed by atoms with Crippen LogP contribution in [-0.2, 0) is 4.79 Å². The summed E-state index contributed by atoms with van der Waals surface area (Å²) in [6, 6.07) is 11.2. The van der Waals surface area contributed by atoms with Crippen molar-refractivity contribution in [2.45, 2.75) is 6.04 Å². The molecule has 152 valence electrons. The van der Waals surface area contributed by atoms with Gasteiger partial charge in [0, 0.05) is 35.1 Å². The molecular formula is C20H17BrFN7O. The third-order valence-electron chi connectivity index (χ3n) is 4.92. The number of halogens is 2. The van der Waals surface area contributed by atoms with Gasteiger partial charge in [0.15, 0.2) is 11.5 Å². The summed E-state index contributed by atoms with van der Waals surface area (Å²) in [6.07, 6.45) is 0. The Morgan fingerprint density at radius 3 is 2.80 bits per heavy atom. The number of aromatic nitrogens is 4. The number of nitrogens with zero attached hydrogens (tertiary/aromatic N) is 4. The topological polar surface area (TPSA) is 96.2 Å².